The predicted molar refractivity (Wildman–Crippen MR) is 97.0 cm³/mol. The molecule has 1 N–H and O–H groups in total. The third-order valence-corrected chi connectivity index (χ3v) is 5.66. The molecule has 1 amide bonds. The van der Waals surface area contributed by atoms with Crippen LogP contribution < -0.4 is 9.62 Å². The van der Waals surface area contributed by atoms with Crippen LogP contribution in [0.3, 0.4) is 0 Å². The SMILES string of the molecule is O=C1C[C@@H](NS(=O)(=O)Cc2noc3ccccc23)CN1c1ccccc1. The van der Waals surface area contributed by atoms with Gasteiger partial charge in [-0.25, -0.2) is 13.1 Å². The van der Waals surface area contributed by atoms with Crippen molar-refractivity contribution in [2.45, 2.75) is 18.2 Å². The van der Waals surface area contributed by atoms with Crippen molar-refractivity contribution in [3.05, 3.63) is 60.3 Å². The summed E-state index contributed by atoms with van der Waals surface area (Å²) in [5, 5.41) is 4.53. The molecule has 0 saturated carbocycles. The maximum atomic E-state index is 12.5. The lowest BCUT2D eigenvalue weighted by atomic mass is 10.2. The molecule has 7 nitrogen and oxygen atoms in total. The van der Waals surface area contributed by atoms with Crippen molar-refractivity contribution in [3.8, 4) is 0 Å². The van der Waals surface area contributed by atoms with Crippen molar-refractivity contribution in [1.82, 2.24) is 9.88 Å². The molecule has 0 aliphatic carbocycles. The number of amides is 1. The van der Waals surface area contributed by atoms with E-state index in [9.17, 15) is 13.2 Å². The second kappa shape index (κ2) is 6.54. The molecule has 0 unspecified atom stereocenters. The first-order valence-corrected chi connectivity index (χ1v) is 9.86. The molecule has 1 saturated heterocycles. The number of aromatic nitrogens is 1. The molecule has 134 valence electrons. The predicted octanol–water partition coefficient (Wildman–Crippen LogP) is 2.05. The number of benzene rings is 2. The number of nitrogens with one attached hydrogen (secondary N) is 1. The number of hydrogen-bond acceptors (Lipinski definition) is 5. The van der Waals surface area contributed by atoms with Crippen molar-refractivity contribution >= 4 is 32.6 Å². The summed E-state index contributed by atoms with van der Waals surface area (Å²) in [6, 6.07) is 15.9. The molecule has 1 aromatic heterocycles. The van der Waals surface area contributed by atoms with Gasteiger partial charge in [0.1, 0.15) is 11.4 Å². The van der Waals surface area contributed by atoms with Gasteiger partial charge in [0.15, 0.2) is 5.58 Å². The zero-order chi connectivity index (χ0) is 18.1. The number of carbonyl (C=O) groups is 1. The van der Waals surface area contributed by atoms with E-state index in [1.54, 1.807) is 29.2 Å². The van der Waals surface area contributed by atoms with E-state index in [0.717, 1.165) is 5.69 Å². The minimum atomic E-state index is -3.66. The van der Waals surface area contributed by atoms with Crippen LogP contribution >= 0.6 is 0 Å². The molecule has 0 spiro atoms. The van der Waals surface area contributed by atoms with Gasteiger partial charge in [-0.15, -0.1) is 0 Å². The summed E-state index contributed by atoms with van der Waals surface area (Å²) in [7, 11) is -3.66. The van der Waals surface area contributed by atoms with Gasteiger partial charge in [-0.1, -0.05) is 35.5 Å². The van der Waals surface area contributed by atoms with Gasteiger partial charge in [0.2, 0.25) is 15.9 Å². The molecule has 1 aliphatic heterocycles. The highest BCUT2D eigenvalue weighted by atomic mass is 32.2. The molecule has 8 heteroatoms. The summed E-state index contributed by atoms with van der Waals surface area (Å²) in [5.74, 6) is -0.393. The van der Waals surface area contributed by atoms with Crippen LogP contribution in [0.1, 0.15) is 12.1 Å². The molecule has 4 rings (SSSR count). The van der Waals surface area contributed by atoms with E-state index < -0.39 is 16.1 Å². The largest absolute Gasteiger partial charge is 0.356 e. The van der Waals surface area contributed by atoms with E-state index in [0.29, 0.717) is 23.2 Å². The highest BCUT2D eigenvalue weighted by Gasteiger charge is 2.33. The average Bonchev–Trinajstić information content (AvgIpc) is 3.18. The van der Waals surface area contributed by atoms with Gasteiger partial charge >= 0.3 is 0 Å². The van der Waals surface area contributed by atoms with Gasteiger partial charge in [0.05, 0.1) is 0 Å². The second-order valence-electron chi connectivity index (χ2n) is 6.24. The van der Waals surface area contributed by atoms with Crippen molar-refractivity contribution in [2.24, 2.45) is 0 Å². The number of rotatable bonds is 5. The summed E-state index contributed by atoms with van der Waals surface area (Å²) >= 11 is 0. The Kier molecular flexibility index (Phi) is 4.21. The zero-order valence-corrected chi connectivity index (χ0v) is 14.6. The summed E-state index contributed by atoms with van der Waals surface area (Å²) in [5.41, 5.74) is 1.67. The summed E-state index contributed by atoms with van der Waals surface area (Å²) in [6.45, 7) is 0.307. The molecule has 1 atom stereocenters. The van der Waals surface area contributed by atoms with Crippen LogP contribution in [0.5, 0.6) is 0 Å². The summed E-state index contributed by atoms with van der Waals surface area (Å²) in [4.78, 5) is 13.8. The fraction of sp³-hybridized carbons (Fsp3) is 0.222. The fourth-order valence-corrected chi connectivity index (χ4v) is 4.48. The maximum Gasteiger partial charge on any atom is 0.228 e. The third kappa shape index (κ3) is 3.33. The van der Waals surface area contributed by atoms with Crippen LogP contribution in [0.25, 0.3) is 11.0 Å². The van der Waals surface area contributed by atoms with Crippen LogP contribution in [0.4, 0.5) is 5.69 Å². The Morgan fingerprint density at radius 3 is 2.65 bits per heavy atom. The minimum absolute atomic E-state index is 0.101. The van der Waals surface area contributed by atoms with E-state index in [1.165, 1.54) is 0 Å². The van der Waals surface area contributed by atoms with Crippen molar-refractivity contribution < 1.29 is 17.7 Å². The normalized spacial score (nSPS) is 17.9. The Bertz CT molecular complexity index is 1050. The van der Waals surface area contributed by atoms with E-state index >= 15 is 0 Å². The maximum absolute atomic E-state index is 12.5. The van der Waals surface area contributed by atoms with Gasteiger partial charge in [-0.2, -0.15) is 0 Å². The Labute approximate surface area is 150 Å². The van der Waals surface area contributed by atoms with Gasteiger partial charge < -0.3 is 9.42 Å². The molecule has 1 aliphatic rings. The number of sulfonamides is 1. The fourth-order valence-electron chi connectivity index (χ4n) is 3.16. The molecule has 1 fully saturated rings. The van der Waals surface area contributed by atoms with Crippen LogP contribution in [0.15, 0.2) is 59.1 Å². The topological polar surface area (TPSA) is 92.5 Å². The lowest BCUT2D eigenvalue weighted by Crippen LogP contribution is -2.37. The number of nitrogens with zero attached hydrogens (tertiary/aromatic N) is 2. The van der Waals surface area contributed by atoms with E-state index in [2.05, 4.69) is 9.88 Å². The van der Waals surface area contributed by atoms with Gasteiger partial charge in [-0.3, -0.25) is 4.79 Å². The number of para-hydroxylation sites is 2. The first-order chi connectivity index (χ1) is 12.5. The van der Waals surface area contributed by atoms with E-state index in [-0.39, 0.29) is 18.1 Å². The number of fused-ring (bicyclic) bond motifs is 1. The molecule has 3 aromatic rings. The highest BCUT2D eigenvalue weighted by Crippen LogP contribution is 2.23. The Balaban J connectivity index is 1.47. The van der Waals surface area contributed by atoms with Gasteiger partial charge in [0.25, 0.3) is 0 Å². The zero-order valence-electron chi connectivity index (χ0n) is 13.8. The molecular weight excluding hydrogens is 354 g/mol. The van der Waals surface area contributed by atoms with Crippen molar-refractivity contribution in [2.75, 3.05) is 11.4 Å². The lowest BCUT2D eigenvalue weighted by Gasteiger charge is -2.17. The standard InChI is InChI=1S/C18H17N3O4S/c22-18-10-13(11-21(18)14-6-2-1-3-7-14)20-26(23,24)12-16-15-8-4-5-9-17(15)25-19-16/h1-9,13,20H,10-12H2/t13-/m1/s1. The molecule has 2 aromatic carbocycles. The quantitative estimate of drug-likeness (QED) is 0.741. The number of hydrogen-bond donors (Lipinski definition) is 1. The second-order valence-corrected chi connectivity index (χ2v) is 8.00. The minimum Gasteiger partial charge on any atom is -0.356 e. The van der Waals surface area contributed by atoms with E-state index in [1.807, 2.05) is 30.3 Å². The average molecular weight is 371 g/mol. The highest BCUT2D eigenvalue weighted by molar-refractivity contribution is 7.88. The van der Waals surface area contributed by atoms with Gasteiger partial charge in [0, 0.05) is 30.1 Å². The van der Waals surface area contributed by atoms with Crippen molar-refractivity contribution in [3.63, 3.8) is 0 Å². The third-order valence-electron chi connectivity index (χ3n) is 4.32. The summed E-state index contributed by atoms with van der Waals surface area (Å²) in [6.07, 6.45) is 0.133. The lowest BCUT2D eigenvalue weighted by molar-refractivity contribution is -0.117. The van der Waals surface area contributed by atoms with Gasteiger partial charge in [-0.05, 0) is 24.3 Å². The molecule has 0 radical (unpaired) electrons. The first-order valence-electron chi connectivity index (χ1n) is 8.20. The smallest absolute Gasteiger partial charge is 0.228 e. The van der Waals surface area contributed by atoms with Crippen LogP contribution in [-0.2, 0) is 20.6 Å². The van der Waals surface area contributed by atoms with Crippen LogP contribution in [-0.4, -0.2) is 32.1 Å². The van der Waals surface area contributed by atoms with Crippen molar-refractivity contribution in [1.29, 1.82) is 0 Å². The molecule has 2 heterocycles. The number of carbonyl (C=O) groups excluding carboxylic acids is 1. The molecular formula is C18H17N3O4S. The summed E-state index contributed by atoms with van der Waals surface area (Å²) < 4.78 is 32.8. The first kappa shape index (κ1) is 16.7. The Morgan fingerprint density at radius 2 is 1.85 bits per heavy atom. The Morgan fingerprint density at radius 1 is 1.12 bits per heavy atom. The van der Waals surface area contributed by atoms with Crippen LogP contribution in [0.2, 0.25) is 0 Å². The van der Waals surface area contributed by atoms with E-state index in [4.69, 9.17) is 4.52 Å². The molecule has 26 heavy (non-hydrogen) atoms. The number of anilines is 1. The Hall–Kier alpha value is -2.71. The van der Waals surface area contributed by atoms with Crippen LogP contribution in [0, 0.1) is 0 Å². The molecule has 0 bridgehead atoms. The monoisotopic (exact) mass is 371 g/mol.